The van der Waals surface area contributed by atoms with E-state index in [0.717, 1.165) is 26.1 Å². The minimum Gasteiger partial charge on any atom is -0.377 e. The monoisotopic (exact) mass is 254 g/mol. The molecule has 106 valence electrons. The van der Waals surface area contributed by atoms with Gasteiger partial charge in [0.1, 0.15) is 0 Å². The van der Waals surface area contributed by atoms with Crippen molar-refractivity contribution < 1.29 is 4.74 Å². The van der Waals surface area contributed by atoms with Crippen LogP contribution < -0.4 is 5.73 Å². The van der Waals surface area contributed by atoms with Crippen LogP contribution in [0.3, 0.4) is 0 Å². The number of hydrogen-bond donors (Lipinski definition) is 1. The van der Waals surface area contributed by atoms with Gasteiger partial charge in [0.15, 0.2) is 0 Å². The van der Waals surface area contributed by atoms with Gasteiger partial charge in [0.05, 0.1) is 6.10 Å². The van der Waals surface area contributed by atoms with Crippen molar-refractivity contribution in [3.63, 3.8) is 0 Å². The molecule has 3 heteroatoms. The molecule has 0 aromatic heterocycles. The molecule has 2 N–H and O–H groups in total. The molecule has 0 bridgehead atoms. The lowest BCUT2D eigenvalue weighted by Gasteiger charge is -2.43. The Labute approximate surface area is 112 Å². The fourth-order valence-electron chi connectivity index (χ4n) is 3.59. The second-order valence-corrected chi connectivity index (χ2v) is 6.96. The first-order valence-corrected chi connectivity index (χ1v) is 7.58. The van der Waals surface area contributed by atoms with Crippen LogP contribution in [0.4, 0.5) is 0 Å². The van der Waals surface area contributed by atoms with Crippen LogP contribution in [-0.4, -0.2) is 43.3 Å². The Hall–Kier alpha value is -0.120. The molecule has 1 aliphatic heterocycles. The predicted octanol–water partition coefficient (Wildman–Crippen LogP) is 2.25. The van der Waals surface area contributed by atoms with Gasteiger partial charge in [-0.15, -0.1) is 0 Å². The second-order valence-electron chi connectivity index (χ2n) is 6.96. The Morgan fingerprint density at radius 3 is 2.89 bits per heavy atom. The van der Waals surface area contributed by atoms with E-state index in [4.69, 9.17) is 10.5 Å². The van der Waals surface area contributed by atoms with Crippen LogP contribution in [0.2, 0.25) is 0 Å². The molecule has 18 heavy (non-hydrogen) atoms. The lowest BCUT2D eigenvalue weighted by Crippen LogP contribution is -2.50. The van der Waals surface area contributed by atoms with Gasteiger partial charge in [-0.05, 0) is 37.5 Å². The lowest BCUT2D eigenvalue weighted by molar-refractivity contribution is 0.0568. The number of nitrogens with two attached hydrogens (primary N) is 1. The van der Waals surface area contributed by atoms with Gasteiger partial charge in [0.2, 0.25) is 0 Å². The topological polar surface area (TPSA) is 38.5 Å². The summed E-state index contributed by atoms with van der Waals surface area (Å²) in [6, 6.07) is 0.353. The molecule has 3 atom stereocenters. The van der Waals surface area contributed by atoms with E-state index in [1.54, 1.807) is 0 Å². The third-order valence-electron chi connectivity index (χ3n) is 4.84. The normalized spacial score (nSPS) is 38.3. The molecule has 0 aromatic rings. The van der Waals surface area contributed by atoms with E-state index < -0.39 is 0 Å². The van der Waals surface area contributed by atoms with Gasteiger partial charge in [0, 0.05) is 32.3 Å². The zero-order valence-electron chi connectivity index (χ0n) is 12.3. The molecule has 2 aliphatic rings. The molecule has 3 unspecified atom stereocenters. The molecule has 1 saturated heterocycles. The molecule has 0 amide bonds. The summed E-state index contributed by atoms with van der Waals surface area (Å²) >= 11 is 0. The minimum absolute atomic E-state index is 0.316. The van der Waals surface area contributed by atoms with Crippen LogP contribution in [0.5, 0.6) is 0 Å². The van der Waals surface area contributed by atoms with Gasteiger partial charge >= 0.3 is 0 Å². The van der Waals surface area contributed by atoms with E-state index >= 15 is 0 Å². The summed E-state index contributed by atoms with van der Waals surface area (Å²) in [4.78, 5) is 2.57. The summed E-state index contributed by atoms with van der Waals surface area (Å²) in [5, 5.41) is 0. The van der Waals surface area contributed by atoms with Gasteiger partial charge in [-0.25, -0.2) is 0 Å². The Morgan fingerprint density at radius 1 is 1.33 bits per heavy atom. The summed E-state index contributed by atoms with van der Waals surface area (Å²) in [6.07, 6.45) is 5.46. The van der Waals surface area contributed by atoms with Crippen molar-refractivity contribution in [2.24, 2.45) is 17.1 Å². The Morgan fingerprint density at radius 2 is 2.11 bits per heavy atom. The molecule has 2 rings (SSSR count). The molecule has 0 spiro atoms. The van der Waals surface area contributed by atoms with Crippen molar-refractivity contribution in [2.75, 3.05) is 26.2 Å². The average Bonchev–Trinajstić information content (AvgIpc) is 2.49. The van der Waals surface area contributed by atoms with Gasteiger partial charge in [0.25, 0.3) is 0 Å². The number of hydrogen-bond acceptors (Lipinski definition) is 3. The van der Waals surface area contributed by atoms with Crippen molar-refractivity contribution in [2.45, 2.75) is 58.6 Å². The van der Waals surface area contributed by atoms with E-state index in [0.29, 0.717) is 23.5 Å². The highest BCUT2D eigenvalue weighted by Gasteiger charge is 2.37. The molecule has 1 aliphatic carbocycles. The third kappa shape index (κ3) is 3.46. The van der Waals surface area contributed by atoms with E-state index in [2.05, 4.69) is 25.7 Å². The average molecular weight is 254 g/mol. The van der Waals surface area contributed by atoms with E-state index in [1.807, 2.05) is 0 Å². The maximum absolute atomic E-state index is 6.49. The number of rotatable bonds is 2. The first-order chi connectivity index (χ1) is 8.49. The van der Waals surface area contributed by atoms with Crippen LogP contribution in [0.1, 0.15) is 46.5 Å². The smallest absolute Gasteiger partial charge is 0.0673 e. The highest BCUT2D eigenvalue weighted by molar-refractivity contribution is 4.92. The standard InChI is InChI=1S/C15H30N2O/c1-12-10-17(8-5-9-18-12)11-13-6-4-7-15(2,3)14(13)16/h12-14H,4-11,16H2,1-3H3. The largest absolute Gasteiger partial charge is 0.377 e. The fraction of sp³-hybridized carbons (Fsp3) is 1.00. The van der Waals surface area contributed by atoms with Crippen LogP contribution in [0.25, 0.3) is 0 Å². The summed E-state index contributed by atoms with van der Waals surface area (Å²) in [5.41, 5.74) is 6.81. The summed E-state index contributed by atoms with van der Waals surface area (Å²) < 4.78 is 5.72. The lowest BCUT2D eigenvalue weighted by atomic mass is 9.68. The second kappa shape index (κ2) is 5.89. The quantitative estimate of drug-likeness (QED) is 0.821. The molecule has 2 fully saturated rings. The van der Waals surface area contributed by atoms with E-state index in [9.17, 15) is 0 Å². The van der Waals surface area contributed by atoms with Crippen molar-refractivity contribution >= 4 is 0 Å². The van der Waals surface area contributed by atoms with Crippen molar-refractivity contribution in [3.8, 4) is 0 Å². The Bertz CT molecular complexity index is 267. The predicted molar refractivity (Wildman–Crippen MR) is 75.6 cm³/mol. The van der Waals surface area contributed by atoms with Gasteiger partial charge in [-0.2, -0.15) is 0 Å². The van der Waals surface area contributed by atoms with Crippen molar-refractivity contribution in [1.82, 2.24) is 4.90 Å². The van der Waals surface area contributed by atoms with Crippen LogP contribution >= 0.6 is 0 Å². The molecule has 3 nitrogen and oxygen atoms in total. The summed E-state index contributed by atoms with van der Waals surface area (Å²) in [5.74, 6) is 0.666. The summed E-state index contributed by atoms with van der Waals surface area (Å²) in [7, 11) is 0. The van der Waals surface area contributed by atoms with Crippen LogP contribution in [0, 0.1) is 11.3 Å². The van der Waals surface area contributed by atoms with E-state index in [1.165, 1.54) is 25.8 Å². The van der Waals surface area contributed by atoms with Crippen LogP contribution in [0.15, 0.2) is 0 Å². The first-order valence-electron chi connectivity index (χ1n) is 7.58. The zero-order chi connectivity index (χ0) is 13.2. The molecular formula is C15H30N2O. The van der Waals surface area contributed by atoms with Crippen molar-refractivity contribution in [1.29, 1.82) is 0 Å². The molecule has 1 saturated carbocycles. The highest BCUT2D eigenvalue weighted by atomic mass is 16.5. The maximum Gasteiger partial charge on any atom is 0.0673 e. The Balaban J connectivity index is 1.91. The highest BCUT2D eigenvalue weighted by Crippen LogP contribution is 2.38. The van der Waals surface area contributed by atoms with Gasteiger partial charge in [-0.3, -0.25) is 0 Å². The number of ether oxygens (including phenoxy) is 1. The number of nitrogens with zero attached hydrogens (tertiary/aromatic N) is 1. The van der Waals surface area contributed by atoms with E-state index in [-0.39, 0.29) is 0 Å². The van der Waals surface area contributed by atoms with Crippen LogP contribution in [-0.2, 0) is 4.74 Å². The molecule has 0 aromatic carbocycles. The minimum atomic E-state index is 0.316. The van der Waals surface area contributed by atoms with Gasteiger partial charge in [-0.1, -0.05) is 20.3 Å². The molecule has 1 heterocycles. The first kappa shape index (κ1) is 14.3. The maximum atomic E-state index is 6.49. The van der Waals surface area contributed by atoms with Crippen molar-refractivity contribution in [3.05, 3.63) is 0 Å². The van der Waals surface area contributed by atoms with Gasteiger partial charge < -0.3 is 15.4 Å². The SMILES string of the molecule is CC1CN(CC2CCCC(C)(C)C2N)CCCO1. The fourth-order valence-corrected chi connectivity index (χ4v) is 3.59. The third-order valence-corrected chi connectivity index (χ3v) is 4.84. The molecular weight excluding hydrogens is 224 g/mol. The summed E-state index contributed by atoms with van der Waals surface area (Å²) in [6.45, 7) is 11.2. The molecule has 0 radical (unpaired) electrons. The Kier molecular flexibility index (Phi) is 4.68. The zero-order valence-corrected chi connectivity index (χ0v) is 12.3.